The summed E-state index contributed by atoms with van der Waals surface area (Å²) in [6.45, 7) is 7.87. The van der Waals surface area contributed by atoms with Crippen LogP contribution in [0.1, 0.15) is 84.3 Å². The molecule has 0 aromatic carbocycles. The zero-order chi connectivity index (χ0) is 19.5. The highest BCUT2D eigenvalue weighted by atomic mass is 16.1. The van der Waals surface area contributed by atoms with Gasteiger partial charge in [-0.15, -0.1) is 0 Å². The zero-order valence-corrected chi connectivity index (χ0v) is 17.9. The Morgan fingerprint density at radius 1 is 1.14 bits per heavy atom. The first-order chi connectivity index (χ1) is 13.5. The third kappa shape index (κ3) is 2.53. The van der Waals surface area contributed by atoms with Gasteiger partial charge in [0.2, 0.25) is 0 Å². The minimum atomic E-state index is -0.123. The number of nitrogens with zero attached hydrogens (tertiary/aromatic N) is 2. The van der Waals surface area contributed by atoms with E-state index in [4.69, 9.17) is 0 Å². The summed E-state index contributed by atoms with van der Waals surface area (Å²) >= 11 is 0. The molecule has 0 unspecified atom stereocenters. The van der Waals surface area contributed by atoms with Gasteiger partial charge in [-0.05, 0) is 98.7 Å². The number of carbonyl (C=O) groups excluding carboxylic acids is 1. The van der Waals surface area contributed by atoms with E-state index >= 15 is 0 Å². The van der Waals surface area contributed by atoms with Gasteiger partial charge in [-0.1, -0.05) is 26.7 Å². The minimum absolute atomic E-state index is 0.123. The van der Waals surface area contributed by atoms with Crippen LogP contribution in [0.5, 0.6) is 0 Å². The Hall–Kier alpha value is -1.38. The number of hydrogen-bond donors (Lipinski definition) is 0. The summed E-state index contributed by atoms with van der Waals surface area (Å²) in [5.41, 5.74) is 2.58. The first kappa shape index (κ1) is 18.6. The summed E-state index contributed by atoms with van der Waals surface area (Å²) in [6.07, 6.45) is 15.9. The van der Waals surface area contributed by atoms with Crippen LogP contribution in [-0.4, -0.2) is 15.6 Å². The van der Waals surface area contributed by atoms with Gasteiger partial charge in [0.15, 0.2) is 5.78 Å². The lowest BCUT2D eigenvalue weighted by atomic mass is 9.45. The fourth-order valence-corrected chi connectivity index (χ4v) is 8.00. The average Bonchev–Trinajstić information content (AvgIpc) is 3.24. The smallest absolute Gasteiger partial charge is 0.165 e. The van der Waals surface area contributed by atoms with Gasteiger partial charge in [-0.3, -0.25) is 9.48 Å². The number of aromatic nitrogens is 2. The summed E-state index contributed by atoms with van der Waals surface area (Å²) in [4.78, 5) is 13.5. The number of rotatable bonds is 2. The van der Waals surface area contributed by atoms with E-state index in [1.165, 1.54) is 44.9 Å². The lowest BCUT2D eigenvalue weighted by Crippen LogP contribution is -2.52. The maximum Gasteiger partial charge on any atom is 0.165 e. The van der Waals surface area contributed by atoms with Crippen molar-refractivity contribution < 1.29 is 4.79 Å². The van der Waals surface area contributed by atoms with Crippen LogP contribution >= 0.6 is 0 Å². The van der Waals surface area contributed by atoms with Gasteiger partial charge in [0.25, 0.3) is 0 Å². The molecule has 1 aromatic heterocycles. The predicted octanol–water partition coefficient (Wildman–Crippen LogP) is 5.90. The van der Waals surface area contributed by atoms with E-state index in [-0.39, 0.29) is 5.41 Å². The average molecular weight is 381 g/mol. The molecular weight excluding hydrogens is 344 g/mol. The number of aryl methyl sites for hydroxylation is 1. The van der Waals surface area contributed by atoms with Crippen molar-refractivity contribution in [2.24, 2.45) is 34.5 Å². The number of Topliss-reactive ketones (excluding diaryl/α,β-unsaturated/α-hetero) is 1. The minimum Gasteiger partial charge on any atom is -0.294 e. The van der Waals surface area contributed by atoms with Crippen molar-refractivity contribution in [2.45, 2.75) is 85.1 Å². The van der Waals surface area contributed by atoms with Crippen LogP contribution in [0.2, 0.25) is 0 Å². The second kappa shape index (κ2) is 6.57. The van der Waals surface area contributed by atoms with Gasteiger partial charge in [-0.2, -0.15) is 5.10 Å². The summed E-state index contributed by atoms with van der Waals surface area (Å²) < 4.78 is 2.00. The van der Waals surface area contributed by atoms with Crippen LogP contribution in [0.3, 0.4) is 0 Å². The molecule has 0 aliphatic heterocycles. The van der Waals surface area contributed by atoms with E-state index in [0.29, 0.717) is 17.1 Å². The Kier molecular flexibility index (Phi) is 4.37. The Morgan fingerprint density at radius 3 is 2.82 bits per heavy atom. The Bertz CT molecular complexity index is 807. The van der Waals surface area contributed by atoms with Crippen LogP contribution in [0, 0.1) is 34.5 Å². The maximum absolute atomic E-state index is 13.5. The van der Waals surface area contributed by atoms with Crippen molar-refractivity contribution in [2.75, 3.05) is 0 Å². The van der Waals surface area contributed by atoms with Crippen molar-refractivity contribution >= 4 is 11.9 Å². The van der Waals surface area contributed by atoms with Crippen molar-refractivity contribution in [3.05, 3.63) is 23.5 Å². The molecule has 4 saturated carbocycles. The standard InChI is InChI=1S/C25H36N2O/c1-4-27-19(11-14-26-27)15-17-16-22-20-9-8-18-7-5-6-12-24(18,2)21(20)10-13-25(22,3)23(17)28/h11,14-15,18,20-22H,4-10,12-13,16H2,1-3H3/b17-15+/t18-,20-,21+,22+,24-,25-/m0/s1. The van der Waals surface area contributed by atoms with Gasteiger partial charge in [0.05, 0.1) is 5.69 Å². The molecule has 0 N–H and O–H groups in total. The van der Waals surface area contributed by atoms with Crippen molar-refractivity contribution in [1.82, 2.24) is 9.78 Å². The third-order valence-corrected chi connectivity index (χ3v) is 9.59. The SMILES string of the molecule is CCn1nccc1/C=C1\C[C@@H]2[C@H]3CC[C@@H]4CCCC[C@]4(C)[C@@H]3CC[C@]2(C)C1=O. The Morgan fingerprint density at radius 2 is 2.00 bits per heavy atom. The quantitative estimate of drug-likeness (QED) is 0.599. The number of allylic oxidation sites excluding steroid dienone is 1. The monoisotopic (exact) mass is 380 g/mol. The molecule has 152 valence electrons. The van der Waals surface area contributed by atoms with Crippen LogP contribution in [0.25, 0.3) is 6.08 Å². The van der Waals surface area contributed by atoms with Gasteiger partial charge in [0.1, 0.15) is 0 Å². The zero-order valence-electron chi connectivity index (χ0n) is 17.9. The molecule has 4 aliphatic carbocycles. The molecule has 0 amide bonds. The van der Waals surface area contributed by atoms with Crippen LogP contribution in [0.15, 0.2) is 17.8 Å². The van der Waals surface area contributed by atoms with E-state index in [1.807, 2.05) is 16.9 Å². The number of carbonyl (C=O) groups is 1. The van der Waals surface area contributed by atoms with E-state index in [9.17, 15) is 4.79 Å². The van der Waals surface area contributed by atoms with Gasteiger partial charge >= 0.3 is 0 Å². The number of ketones is 1. The molecule has 5 rings (SSSR count). The van der Waals surface area contributed by atoms with Gasteiger partial charge in [0, 0.05) is 18.2 Å². The first-order valence-electron chi connectivity index (χ1n) is 11.7. The van der Waals surface area contributed by atoms with E-state index in [1.54, 1.807) is 0 Å². The van der Waals surface area contributed by atoms with E-state index < -0.39 is 0 Å². The largest absolute Gasteiger partial charge is 0.294 e. The molecule has 0 radical (unpaired) electrons. The molecule has 4 aliphatic rings. The molecule has 0 bridgehead atoms. The summed E-state index contributed by atoms with van der Waals surface area (Å²) in [5.74, 6) is 3.54. The fourth-order valence-electron chi connectivity index (χ4n) is 8.00. The van der Waals surface area contributed by atoms with Crippen molar-refractivity contribution in [3.8, 4) is 0 Å². The topological polar surface area (TPSA) is 34.9 Å². The van der Waals surface area contributed by atoms with Crippen LogP contribution in [-0.2, 0) is 11.3 Å². The lowest BCUT2D eigenvalue weighted by Gasteiger charge is -2.59. The highest BCUT2D eigenvalue weighted by Crippen LogP contribution is 2.66. The molecular formula is C25H36N2O. The van der Waals surface area contributed by atoms with Crippen LogP contribution < -0.4 is 0 Å². The van der Waals surface area contributed by atoms with Crippen molar-refractivity contribution in [3.63, 3.8) is 0 Å². The second-order valence-electron chi connectivity index (χ2n) is 10.6. The van der Waals surface area contributed by atoms with Gasteiger partial charge < -0.3 is 0 Å². The molecule has 1 aromatic rings. The molecule has 1 heterocycles. The van der Waals surface area contributed by atoms with E-state index in [0.717, 1.165) is 48.4 Å². The molecule has 0 spiro atoms. The summed E-state index contributed by atoms with van der Waals surface area (Å²) in [5, 5.41) is 4.39. The van der Waals surface area contributed by atoms with E-state index in [2.05, 4.69) is 31.9 Å². The third-order valence-electron chi connectivity index (χ3n) is 9.59. The van der Waals surface area contributed by atoms with Crippen molar-refractivity contribution in [1.29, 1.82) is 0 Å². The molecule has 3 nitrogen and oxygen atoms in total. The molecule has 6 atom stereocenters. The highest BCUT2D eigenvalue weighted by Gasteiger charge is 2.60. The molecule has 3 heteroatoms. The second-order valence-corrected chi connectivity index (χ2v) is 10.6. The molecule has 28 heavy (non-hydrogen) atoms. The lowest BCUT2D eigenvalue weighted by molar-refractivity contribution is -0.137. The molecule has 0 saturated heterocycles. The predicted molar refractivity (Wildman–Crippen MR) is 113 cm³/mol. The number of fused-ring (bicyclic) bond motifs is 5. The Balaban J connectivity index is 1.47. The maximum atomic E-state index is 13.5. The van der Waals surface area contributed by atoms with Crippen LogP contribution in [0.4, 0.5) is 0 Å². The highest BCUT2D eigenvalue weighted by molar-refractivity contribution is 6.05. The fraction of sp³-hybridized carbons (Fsp3) is 0.760. The molecule has 4 fully saturated rings. The number of hydrogen-bond acceptors (Lipinski definition) is 2. The summed E-state index contributed by atoms with van der Waals surface area (Å²) in [6, 6.07) is 2.05. The normalized spacial score (nSPS) is 44.2. The van der Waals surface area contributed by atoms with Gasteiger partial charge in [-0.25, -0.2) is 0 Å². The Labute approximate surface area is 170 Å². The first-order valence-corrected chi connectivity index (χ1v) is 11.7. The summed E-state index contributed by atoms with van der Waals surface area (Å²) in [7, 11) is 0.